The Morgan fingerprint density at radius 2 is 1.57 bits per heavy atom. The third-order valence-electron chi connectivity index (χ3n) is 4.00. The molecule has 28 heavy (non-hydrogen) atoms. The molecule has 0 saturated carbocycles. The number of rotatable bonds is 8. The number of nitrogens with one attached hydrogen (secondary N) is 2. The summed E-state index contributed by atoms with van der Waals surface area (Å²) >= 11 is 0. The van der Waals surface area contributed by atoms with Gasteiger partial charge in [0.1, 0.15) is 23.7 Å². The molecule has 8 heteroatoms. The molecular formula is C20H21F2N3O3. The summed E-state index contributed by atoms with van der Waals surface area (Å²) in [5.74, 6) is -3.48. The van der Waals surface area contributed by atoms with Gasteiger partial charge in [-0.2, -0.15) is 0 Å². The minimum atomic E-state index is -0.969. The van der Waals surface area contributed by atoms with Crippen LogP contribution in [0.15, 0.2) is 48.5 Å². The number of hydrogen-bond acceptors (Lipinski definition) is 3. The maximum atomic E-state index is 13.2. The topological polar surface area (TPSA) is 101 Å². The normalized spacial score (nSPS) is 12.7. The van der Waals surface area contributed by atoms with Crippen LogP contribution in [0.3, 0.4) is 0 Å². The van der Waals surface area contributed by atoms with Crippen LogP contribution in [0.5, 0.6) is 0 Å². The largest absolute Gasteiger partial charge is 0.368 e. The number of carbonyl (C=O) groups is 3. The van der Waals surface area contributed by atoms with Crippen molar-refractivity contribution in [2.45, 2.75) is 31.8 Å². The fraction of sp³-hybridized carbons (Fsp3) is 0.250. The molecule has 0 saturated heterocycles. The molecule has 2 atom stereocenters. The van der Waals surface area contributed by atoms with Crippen molar-refractivity contribution in [1.29, 1.82) is 0 Å². The summed E-state index contributed by atoms with van der Waals surface area (Å²) in [6.45, 7) is 1.43. The molecular weight excluding hydrogens is 368 g/mol. The van der Waals surface area contributed by atoms with Crippen LogP contribution in [-0.2, 0) is 27.2 Å². The zero-order valence-electron chi connectivity index (χ0n) is 15.2. The lowest BCUT2D eigenvalue weighted by atomic mass is 10.1. The first kappa shape index (κ1) is 21.0. The highest BCUT2D eigenvalue weighted by atomic mass is 19.1. The SMILES string of the molecule is C[C@H](NC(=O)Cc1cc(F)cc(F)c1)C(=O)N[C@@H](Cc1ccccc1)C(N)=O. The maximum absolute atomic E-state index is 13.2. The molecule has 0 fully saturated rings. The van der Waals surface area contributed by atoms with E-state index in [1.54, 1.807) is 24.3 Å². The van der Waals surface area contributed by atoms with Crippen LogP contribution in [0.2, 0.25) is 0 Å². The van der Waals surface area contributed by atoms with Crippen LogP contribution in [-0.4, -0.2) is 29.8 Å². The van der Waals surface area contributed by atoms with E-state index in [1.807, 2.05) is 6.07 Å². The van der Waals surface area contributed by atoms with Gasteiger partial charge in [0.2, 0.25) is 17.7 Å². The second-order valence-electron chi connectivity index (χ2n) is 6.40. The second kappa shape index (κ2) is 9.59. The molecule has 0 aromatic heterocycles. The van der Waals surface area contributed by atoms with Crippen LogP contribution in [0.25, 0.3) is 0 Å². The molecule has 148 valence electrons. The summed E-state index contributed by atoms with van der Waals surface area (Å²) in [5, 5.41) is 4.93. The van der Waals surface area contributed by atoms with Crippen molar-refractivity contribution in [3.63, 3.8) is 0 Å². The Bertz CT molecular complexity index is 839. The second-order valence-corrected chi connectivity index (χ2v) is 6.40. The van der Waals surface area contributed by atoms with E-state index < -0.39 is 41.4 Å². The predicted octanol–water partition coefficient (Wildman–Crippen LogP) is 1.22. The van der Waals surface area contributed by atoms with Gasteiger partial charge in [-0.05, 0) is 30.2 Å². The first-order valence-electron chi connectivity index (χ1n) is 8.62. The van der Waals surface area contributed by atoms with Crippen LogP contribution < -0.4 is 16.4 Å². The summed E-state index contributed by atoms with van der Waals surface area (Å²) in [4.78, 5) is 36.0. The molecule has 6 nitrogen and oxygen atoms in total. The Morgan fingerprint density at radius 3 is 2.14 bits per heavy atom. The Kier molecular flexibility index (Phi) is 7.20. The quantitative estimate of drug-likeness (QED) is 0.633. The molecule has 0 aliphatic heterocycles. The average Bonchev–Trinajstić information content (AvgIpc) is 2.60. The summed E-state index contributed by atoms with van der Waals surface area (Å²) in [6.07, 6.45) is -0.0826. The molecule has 2 rings (SSSR count). The van der Waals surface area contributed by atoms with Crippen LogP contribution in [0, 0.1) is 11.6 Å². The average molecular weight is 389 g/mol. The van der Waals surface area contributed by atoms with Crippen molar-refractivity contribution in [1.82, 2.24) is 10.6 Å². The Morgan fingerprint density at radius 1 is 0.964 bits per heavy atom. The third-order valence-corrected chi connectivity index (χ3v) is 4.00. The highest BCUT2D eigenvalue weighted by Gasteiger charge is 2.23. The van der Waals surface area contributed by atoms with E-state index >= 15 is 0 Å². The minimum absolute atomic E-state index is 0.140. The lowest BCUT2D eigenvalue weighted by Gasteiger charge is -2.19. The van der Waals surface area contributed by atoms with Gasteiger partial charge < -0.3 is 16.4 Å². The van der Waals surface area contributed by atoms with Gasteiger partial charge in [0.05, 0.1) is 6.42 Å². The predicted molar refractivity (Wildman–Crippen MR) is 98.9 cm³/mol. The van der Waals surface area contributed by atoms with Gasteiger partial charge in [-0.3, -0.25) is 14.4 Å². The monoisotopic (exact) mass is 389 g/mol. The van der Waals surface area contributed by atoms with Crippen LogP contribution >= 0.6 is 0 Å². The van der Waals surface area contributed by atoms with Gasteiger partial charge in [0.25, 0.3) is 0 Å². The smallest absolute Gasteiger partial charge is 0.242 e. The molecule has 3 amide bonds. The van der Waals surface area contributed by atoms with Gasteiger partial charge in [-0.25, -0.2) is 8.78 Å². The Hall–Kier alpha value is -3.29. The fourth-order valence-electron chi connectivity index (χ4n) is 2.63. The highest BCUT2D eigenvalue weighted by Crippen LogP contribution is 2.09. The number of amides is 3. The van der Waals surface area contributed by atoms with Gasteiger partial charge in [0.15, 0.2) is 0 Å². The van der Waals surface area contributed by atoms with Crippen molar-refractivity contribution in [3.05, 3.63) is 71.3 Å². The molecule has 0 aliphatic carbocycles. The van der Waals surface area contributed by atoms with Gasteiger partial charge in [0, 0.05) is 12.5 Å². The zero-order valence-corrected chi connectivity index (χ0v) is 15.2. The molecule has 0 spiro atoms. The molecule has 0 radical (unpaired) electrons. The summed E-state index contributed by atoms with van der Waals surface area (Å²) in [5.41, 5.74) is 6.31. The van der Waals surface area contributed by atoms with Crippen molar-refractivity contribution >= 4 is 17.7 Å². The van der Waals surface area contributed by atoms with Crippen molar-refractivity contribution < 1.29 is 23.2 Å². The number of halogens is 2. The first-order valence-corrected chi connectivity index (χ1v) is 8.62. The van der Waals surface area contributed by atoms with Crippen molar-refractivity contribution in [3.8, 4) is 0 Å². The van der Waals surface area contributed by atoms with E-state index in [0.29, 0.717) is 6.07 Å². The van der Waals surface area contributed by atoms with Gasteiger partial charge in [-0.1, -0.05) is 30.3 Å². The molecule has 0 unspecified atom stereocenters. The molecule has 0 bridgehead atoms. The van der Waals surface area contributed by atoms with Gasteiger partial charge >= 0.3 is 0 Å². The zero-order chi connectivity index (χ0) is 20.7. The number of hydrogen-bond donors (Lipinski definition) is 3. The molecule has 2 aromatic rings. The van der Waals surface area contributed by atoms with Gasteiger partial charge in [-0.15, -0.1) is 0 Å². The summed E-state index contributed by atoms with van der Waals surface area (Å²) in [6, 6.07) is 9.89. The van der Waals surface area contributed by atoms with E-state index in [9.17, 15) is 23.2 Å². The number of benzene rings is 2. The van der Waals surface area contributed by atoms with Crippen molar-refractivity contribution in [2.24, 2.45) is 5.73 Å². The van der Waals surface area contributed by atoms with E-state index in [2.05, 4.69) is 10.6 Å². The van der Waals surface area contributed by atoms with E-state index in [-0.39, 0.29) is 18.4 Å². The Labute approximate surface area is 161 Å². The standard InChI is InChI=1S/C20H21F2N3O3/c1-12(24-18(26)10-14-7-15(21)11-16(22)8-14)20(28)25-17(19(23)27)9-13-5-3-2-4-6-13/h2-8,11-12,17H,9-10H2,1H3,(H2,23,27)(H,24,26)(H,25,28)/t12-,17-/m0/s1. The maximum Gasteiger partial charge on any atom is 0.242 e. The van der Waals surface area contributed by atoms with Crippen molar-refractivity contribution in [2.75, 3.05) is 0 Å². The number of primary amides is 1. The third kappa shape index (κ3) is 6.46. The Balaban J connectivity index is 1.92. The molecule has 0 heterocycles. The fourth-order valence-corrected chi connectivity index (χ4v) is 2.63. The number of nitrogens with two attached hydrogens (primary N) is 1. The van der Waals surface area contributed by atoms with Crippen LogP contribution in [0.4, 0.5) is 8.78 Å². The summed E-state index contributed by atoms with van der Waals surface area (Å²) < 4.78 is 26.4. The lowest BCUT2D eigenvalue weighted by Crippen LogP contribution is -2.52. The minimum Gasteiger partial charge on any atom is -0.368 e. The van der Waals surface area contributed by atoms with E-state index in [0.717, 1.165) is 17.7 Å². The highest BCUT2D eigenvalue weighted by molar-refractivity contribution is 5.91. The molecule has 0 aliphatic rings. The molecule has 4 N–H and O–H groups in total. The lowest BCUT2D eigenvalue weighted by molar-refractivity contribution is -0.130. The van der Waals surface area contributed by atoms with E-state index in [1.165, 1.54) is 6.92 Å². The summed E-state index contributed by atoms with van der Waals surface area (Å²) in [7, 11) is 0. The van der Waals surface area contributed by atoms with E-state index in [4.69, 9.17) is 5.73 Å². The first-order chi connectivity index (χ1) is 13.2. The van der Waals surface area contributed by atoms with Crippen LogP contribution in [0.1, 0.15) is 18.1 Å². The molecule has 2 aromatic carbocycles. The number of carbonyl (C=O) groups excluding carboxylic acids is 3.